The molecule has 31 heavy (non-hydrogen) atoms. The lowest BCUT2D eigenvalue weighted by Gasteiger charge is -2.17. The van der Waals surface area contributed by atoms with Gasteiger partial charge in [0.15, 0.2) is 11.5 Å². The average molecular weight is 430 g/mol. The highest BCUT2D eigenvalue weighted by Crippen LogP contribution is 2.19. The number of fused-ring (bicyclic) bond motifs is 1. The van der Waals surface area contributed by atoms with Gasteiger partial charge in [0, 0.05) is 13.1 Å². The number of nitrogens with one attached hydrogen (secondary N) is 2. The second-order valence-corrected chi connectivity index (χ2v) is 6.88. The molecule has 11 heteroatoms. The number of ether oxygens (including phenoxy) is 2. The highest BCUT2D eigenvalue weighted by atomic mass is 16.5. The first kappa shape index (κ1) is 22.1. The number of phenolic OH excluding ortho intramolecular Hbond substituents is 1. The van der Waals surface area contributed by atoms with E-state index in [-0.39, 0.29) is 30.7 Å². The number of esters is 1. The van der Waals surface area contributed by atoms with Crippen molar-refractivity contribution >= 4 is 23.0 Å². The number of H-pyrrole nitrogens is 1. The molecule has 3 rings (SSSR count). The van der Waals surface area contributed by atoms with Crippen LogP contribution < -0.4 is 21.5 Å². The molecule has 0 amide bonds. The molecule has 0 saturated heterocycles. The van der Waals surface area contributed by atoms with Crippen molar-refractivity contribution in [2.75, 3.05) is 26.0 Å². The number of hydrogen-bond donors (Lipinski definition) is 4. The molecule has 11 nitrogen and oxygen atoms in total. The summed E-state index contributed by atoms with van der Waals surface area (Å²) >= 11 is 0. The number of aromatic hydroxyl groups is 1. The summed E-state index contributed by atoms with van der Waals surface area (Å²) in [6, 6.07) is 5.55. The van der Waals surface area contributed by atoms with E-state index < -0.39 is 17.7 Å². The highest BCUT2D eigenvalue weighted by molar-refractivity contribution is 5.82. The molecule has 0 spiro atoms. The van der Waals surface area contributed by atoms with Crippen LogP contribution in [0.15, 0.2) is 29.1 Å². The summed E-state index contributed by atoms with van der Waals surface area (Å²) in [7, 11) is 1.29. The molecule has 5 N–H and O–H groups in total. The standard InChI is InChI=1S/C20H26N6O5/c1-3-4-11-31-19-24-16(21)15-17(25-19)26(20(29)23-15)10-9-22-14(18(28)30-2)12-5-7-13(27)8-6-12/h5-8,14,22,27H,3-4,9-11H2,1-2H3,(H,23,29)(H2,21,24,25). The Labute approximate surface area is 178 Å². The predicted molar refractivity (Wildman–Crippen MR) is 114 cm³/mol. The Hall–Kier alpha value is -3.60. The molecule has 1 unspecified atom stereocenters. The normalized spacial score (nSPS) is 12.1. The Bertz CT molecular complexity index is 1090. The summed E-state index contributed by atoms with van der Waals surface area (Å²) in [5.41, 5.74) is 6.83. The van der Waals surface area contributed by atoms with Gasteiger partial charge in [-0.3, -0.25) is 9.88 Å². The second-order valence-electron chi connectivity index (χ2n) is 6.88. The van der Waals surface area contributed by atoms with E-state index in [0.29, 0.717) is 23.3 Å². The lowest BCUT2D eigenvalue weighted by atomic mass is 10.1. The molecule has 2 heterocycles. The summed E-state index contributed by atoms with van der Waals surface area (Å²) in [6.07, 6.45) is 1.80. The first-order valence-corrected chi connectivity index (χ1v) is 9.93. The largest absolute Gasteiger partial charge is 0.508 e. The fraction of sp³-hybridized carbons (Fsp3) is 0.400. The molecule has 2 aromatic heterocycles. The molecular weight excluding hydrogens is 404 g/mol. The molecule has 1 aromatic carbocycles. The van der Waals surface area contributed by atoms with E-state index >= 15 is 0 Å². The maximum atomic E-state index is 12.4. The Balaban J connectivity index is 1.78. The van der Waals surface area contributed by atoms with E-state index in [4.69, 9.17) is 15.2 Å². The average Bonchev–Trinajstić information content (AvgIpc) is 3.08. The second kappa shape index (κ2) is 9.94. The Kier molecular flexibility index (Phi) is 7.08. The zero-order valence-electron chi connectivity index (χ0n) is 17.4. The van der Waals surface area contributed by atoms with Crippen molar-refractivity contribution in [3.63, 3.8) is 0 Å². The molecule has 0 aliphatic carbocycles. The summed E-state index contributed by atoms with van der Waals surface area (Å²) in [4.78, 5) is 35.7. The van der Waals surface area contributed by atoms with Crippen LogP contribution >= 0.6 is 0 Å². The van der Waals surface area contributed by atoms with Crippen LogP contribution in [-0.2, 0) is 16.1 Å². The fourth-order valence-electron chi connectivity index (χ4n) is 3.05. The van der Waals surface area contributed by atoms with E-state index in [1.54, 1.807) is 12.1 Å². The van der Waals surface area contributed by atoms with Crippen LogP contribution in [0.25, 0.3) is 11.2 Å². The lowest BCUT2D eigenvalue weighted by Crippen LogP contribution is -2.33. The summed E-state index contributed by atoms with van der Waals surface area (Å²) in [6.45, 7) is 2.95. The topological polar surface area (TPSA) is 157 Å². The smallest absolute Gasteiger partial charge is 0.327 e. The number of unbranched alkanes of at least 4 members (excludes halogenated alkanes) is 1. The zero-order valence-corrected chi connectivity index (χ0v) is 17.4. The van der Waals surface area contributed by atoms with Crippen LogP contribution in [-0.4, -0.2) is 50.9 Å². The van der Waals surface area contributed by atoms with Crippen molar-refractivity contribution in [1.29, 1.82) is 0 Å². The number of carbonyl (C=O) groups excluding carboxylic acids is 1. The maximum absolute atomic E-state index is 12.4. The SMILES string of the molecule is CCCCOc1nc(N)c2[nH]c(=O)n(CCNC(C(=O)OC)c3ccc(O)cc3)c2n1. The number of rotatable bonds is 10. The minimum Gasteiger partial charge on any atom is -0.508 e. The number of methoxy groups -OCH3 is 1. The molecule has 0 fully saturated rings. The lowest BCUT2D eigenvalue weighted by molar-refractivity contribution is -0.143. The zero-order chi connectivity index (χ0) is 22.4. The quantitative estimate of drug-likeness (QED) is 0.273. The van der Waals surface area contributed by atoms with E-state index in [0.717, 1.165) is 12.8 Å². The van der Waals surface area contributed by atoms with Gasteiger partial charge >= 0.3 is 17.7 Å². The molecule has 0 aliphatic heterocycles. The first-order valence-electron chi connectivity index (χ1n) is 9.93. The fourth-order valence-corrected chi connectivity index (χ4v) is 3.05. The minimum absolute atomic E-state index is 0.0898. The number of nitrogens with two attached hydrogens (primary N) is 1. The molecule has 0 aliphatic rings. The Morgan fingerprint density at radius 2 is 2.06 bits per heavy atom. The van der Waals surface area contributed by atoms with Crippen molar-refractivity contribution in [2.45, 2.75) is 32.4 Å². The maximum Gasteiger partial charge on any atom is 0.327 e. The van der Waals surface area contributed by atoms with Crippen LogP contribution in [0.2, 0.25) is 0 Å². The number of imidazole rings is 1. The summed E-state index contributed by atoms with van der Waals surface area (Å²) < 4.78 is 11.8. The van der Waals surface area contributed by atoms with Crippen molar-refractivity contribution in [3.8, 4) is 11.8 Å². The Morgan fingerprint density at radius 1 is 1.32 bits per heavy atom. The van der Waals surface area contributed by atoms with Crippen LogP contribution in [0.4, 0.5) is 5.82 Å². The van der Waals surface area contributed by atoms with Crippen LogP contribution in [0.3, 0.4) is 0 Å². The van der Waals surface area contributed by atoms with E-state index in [1.165, 1.54) is 23.8 Å². The molecule has 0 saturated carbocycles. The number of nitrogens with zero attached hydrogens (tertiary/aromatic N) is 3. The van der Waals surface area contributed by atoms with Gasteiger partial charge in [-0.2, -0.15) is 9.97 Å². The number of anilines is 1. The van der Waals surface area contributed by atoms with Gasteiger partial charge in [0.2, 0.25) is 0 Å². The van der Waals surface area contributed by atoms with Gasteiger partial charge in [0.1, 0.15) is 17.3 Å². The Morgan fingerprint density at radius 3 is 2.74 bits per heavy atom. The highest BCUT2D eigenvalue weighted by Gasteiger charge is 2.21. The van der Waals surface area contributed by atoms with E-state index in [9.17, 15) is 14.7 Å². The number of carbonyl (C=O) groups is 1. The summed E-state index contributed by atoms with van der Waals surface area (Å²) in [5.74, 6) is -0.279. The van der Waals surface area contributed by atoms with Gasteiger partial charge < -0.3 is 25.3 Å². The molecular formula is C20H26N6O5. The number of nitrogen functional groups attached to an aromatic ring is 1. The van der Waals surface area contributed by atoms with Crippen molar-refractivity contribution in [2.24, 2.45) is 0 Å². The molecule has 0 radical (unpaired) electrons. The summed E-state index contributed by atoms with van der Waals surface area (Å²) in [5, 5.41) is 12.5. The third-order valence-electron chi connectivity index (χ3n) is 4.71. The van der Waals surface area contributed by atoms with Crippen molar-refractivity contribution in [1.82, 2.24) is 24.8 Å². The van der Waals surface area contributed by atoms with Crippen molar-refractivity contribution in [3.05, 3.63) is 40.3 Å². The van der Waals surface area contributed by atoms with E-state index in [1.807, 2.05) is 6.92 Å². The van der Waals surface area contributed by atoms with Gasteiger partial charge in [0.05, 0.1) is 13.7 Å². The molecule has 166 valence electrons. The number of benzene rings is 1. The van der Waals surface area contributed by atoms with Gasteiger partial charge in [-0.15, -0.1) is 0 Å². The van der Waals surface area contributed by atoms with Gasteiger partial charge in [0.25, 0.3) is 0 Å². The van der Waals surface area contributed by atoms with Gasteiger partial charge in [-0.25, -0.2) is 9.59 Å². The number of phenols is 1. The van der Waals surface area contributed by atoms with Gasteiger partial charge in [-0.05, 0) is 24.1 Å². The first-order chi connectivity index (χ1) is 14.9. The third-order valence-corrected chi connectivity index (χ3v) is 4.71. The van der Waals surface area contributed by atoms with Crippen LogP contribution in [0, 0.1) is 0 Å². The molecule has 0 bridgehead atoms. The van der Waals surface area contributed by atoms with Crippen LogP contribution in [0.1, 0.15) is 31.4 Å². The van der Waals surface area contributed by atoms with Crippen LogP contribution in [0.5, 0.6) is 11.8 Å². The predicted octanol–water partition coefficient (Wildman–Crippen LogP) is 1.09. The third kappa shape index (κ3) is 5.12. The number of hydrogen-bond acceptors (Lipinski definition) is 9. The van der Waals surface area contributed by atoms with Gasteiger partial charge in [-0.1, -0.05) is 25.5 Å². The minimum atomic E-state index is -0.765. The van der Waals surface area contributed by atoms with E-state index in [2.05, 4.69) is 20.3 Å². The molecule has 1 atom stereocenters. The number of aromatic amines is 1. The van der Waals surface area contributed by atoms with Crippen molar-refractivity contribution < 1.29 is 19.4 Å². The molecule has 3 aromatic rings. The monoisotopic (exact) mass is 430 g/mol. The number of aromatic nitrogens is 4.